The van der Waals surface area contributed by atoms with E-state index in [0.717, 1.165) is 15.6 Å². The first kappa shape index (κ1) is 14.3. The minimum Gasteiger partial charge on any atom is -0.612 e. The van der Waals surface area contributed by atoms with Crippen LogP contribution in [0, 0.1) is 5.82 Å². The van der Waals surface area contributed by atoms with Crippen LogP contribution in [0.15, 0.2) is 58.4 Å². The lowest BCUT2D eigenvalue weighted by molar-refractivity contribution is 0.602. The van der Waals surface area contributed by atoms with Crippen LogP contribution in [0.25, 0.3) is 6.08 Å². The zero-order chi connectivity index (χ0) is 13.7. The molecule has 98 valence electrons. The lowest BCUT2D eigenvalue weighted by atomic mass is 10.2. The van der Waals surface area contributed by atoms with Gasteiger partial charge < -0.3 is 4.55 Å². The Balaban J connectivity index is 1.95. The van der Waals surface area contributed by atoms with Gasteiger partial charge >= 0.3 is 0 Å². The van der Waals surface area contributed by atoms with E-state index in [-0.39, 0.29) is 5.82 Å². The molecule has 2 aromatic rings. The van der Waals surface area contributed by atoms with E-state index in [9.17, 15) is 8.94 Å². The molecule has 1 atom stereocenters. The molecule has 2 rings (SSSR count). The van der Waals surface area contributed by atoms with Gasteiger partial charge in [0.25, 0.3) is 0 Å². The van der Waals surface area contributed by atoms with Gasteiger partial charge in [-0.2, -0.15) is 0 Å². The van der Waals surface area contributed by atoms with Crippen LogP contribution in [0.2, 0.25) is 0 Å². The molecule has 0 aliphatic rings. The van der Waals surface area contributed by atoms with Gasteiger partial charge in [0.05, 0.1) is 0 Å². The van der Waals surface area contributed by atoms with Gasteiger partial charge in [0.1, 0.15) is 17.0 Å². The minimum atomic E-state index is -1.10. The van der Waals surface area contributed by atoms with E-state index in [1.54, 1.807) is 17.5 Å². The fourth-order valence-corrected chi connectivity index (χ4v) is 2.71. The maximum absolute atomic E-state index is 12.7. The highest BCUT2D eigenvalue weighted by Gasteiger charge is 2.04. The highest BCUT2D eigenvalue weighted by atomic mass is 79.9. The third-order valence-corrected chi connectivity index (χ3v) is 4.09. The second-order valence-corrected chi connectivity index (χ2v) is 6.24. The normalized spacial score (nSPS) is 12.8. The molecule has 0 saturated carbocycles. The fourth-order valence-electron chi connectivity index (χ4n) is 1.52. The number of hydrogen-bond donors (Lipinski definition) is 0. The molecule has 1 nitrogen and oxygen atoms in total. The van der Waals surface area contributed by atoms with Gasteiger partial charge in [-0.1, -0.05) is 40.2 Å². The molecule has 0 N–H and O–H groups in total. The Morgan fingerprint density at radius 2 is 1.68 bits per heavy atom. The highest BCUT2D eigenvalue weighted by Crippen LogP contribution is 2.14. The van der Waals surface area contributed by atoms with Gasteiger partial charge in [0.2, 0.25) is 0 Å². The molecule has 0 heterocycles. The second-order valence-electron chi connectivity index (χ2n) is 4.01. The SMILES string of the molecule is [O-][S+](/C=C\c1ccc(Br)cc1)Cc1ccc(F)cc1. The van der Waals surface area contributed by atoms with Crippen molar-refractivity contribution in [2.24, 2.45) is 0 Å². The Kier molecular flexibility index (Phi) is 5.19. The van der Waals surface area contributed by atoms with Crippen molar-refractivity contribution >= 4 is 33.2 Å². The molecule has 0 aliphatic heterocycles. The predicted octanol–water partition coefficient (Wildman–Crippen LogP) is 4.51. The fraction of sp³-hybridized carbons (Fsp3) is 0.0667. The summed E-state index contributed by atoms with van der Waals surface area (Å²) >= 11 is 2.26. The number of hydrogen-bond acceptors (Lipinski definition) is 1. The van der Waals surface area contributed by atoms with Crippen LogP contribution >= 0.6 is 15.9 Å². The smallest absolute Gasteiger partial charge is 0.135 e. The summed E-state index contributed by atoms with van der Waals surface area (Å²) in [4.78, 5) is 0. The lowest BCUT2D eigenvalue weighted by Crippen LogP contribution is -1.99. The van der Waals surface area contributed by atoms with E-state index >= 15 is 0 Å². The van der Waals surface area contributed by atoms with E-state index in [2.05, 4.69) is 15.9 Å². The Bertz CT molecular complexity index is 551. The molecular weight excluding hydrogens is 327 g/mol. The summed E-state index contributed by atoms with van der Waals surface area (Å²) in [6.45, 7) is 0. The van der Waals surface area contributed by atoms with Crippen LogP contribution in [0.3, 0.4) is 0 Å². The molecule has 1 unspecified atom stereocenters. The second kappa shape index (κ2) is 6.89. The van der Waals surface area contributed by atoms with E-state index in [0.29, 0.717) is 5.75 Å². The molecular formula is C15H12BrFOS. The van der Waals surface area contributed by atoms with Gasteiger partial charge in [0.15, 0.2) is 0 Å². The topological polar surface area (TPSA) is 23.1 Å². The van der Waals surface area contributed by atoms with Gasteiger partial charge in [0, 0.05) is 10.0 Å². The molecule has 0 fully saturated rings. The zero-order valence-electron chi connectivity index (χ0n) is 10.1. The van der Waals surface area contributed by atoms with Crippen molar-refractivity contribution in [1.82, 2.24) is 0 Å². The van der Waals surface area contributed by atoms with Gasteiger partial charge in [-0.25, -0.2) is 4.39 Å². The first-order valence-corrected chi connectivity index (χ1v) is 7.86. The summed E-state index contributed by atoms with van der Waals surface area (Å²) < 4.78 is 25.6. The first-order valence-electron chi connectivity index (χ1n) is 5.69. The molecule has 4 heteroatoms. The van der Waals surface area contributed by atoms with Crippen molar-refractivity contribution in [1.29, 1.82) is 0 Å². The Labute approximate surface area is 123 Å². The van der Waals surface area contributed by atoms with E-state index in [1.165, 1.54) is 12.1 Å². The summed E-state index contributed by atoms with van der Waals surface area (Å²) in [6, 6.07) is 13.8. The molecule has 0 bridgehead atoms. The number of halogens is 2. The molecule has 2 aromatic carbocycles. The molecule has 0 aliphatic carbocycles. The summed E-state index contributed by atoms with van der Waals surface area (Å²) in [6.07, 6.45) is 1.83. The van der Waals surface area contributed by atoms with E-state index in [4.69, 9.17) is 0 Å². The van der Waals surface area contributed by atoms with Crippen molar-refractivity contribution in [3.05, 3.63) is 75.4 Å². The number of benzene rings is 2. The third kappa shape index (κ3) is 4.82. The Morgan fingerprint density at radius 1 is 1.05 bits per heavy atom. The maximum atomic E-state index is 12.7. The maximum Gasteiger partial charge on any atom is 0.135 e. The van der Waals surface area contributed by atoms with Crippen molar-refractivity contribution in [3.63, 3.8) is 0 Å². The monoisotopic (exact) mass is 338 g/mol. The zero-order valence-corrected chi connectivity index (χ0v) is 12.5. The first-order chi connectivity index (χ1) is 9.13. The van der Waals surface area contributed by atoms with Crippen LogP contribution in [-0.4, -0.2) is 4.55 Å². The standard InChI is InChI=1S/C15H12BrFOS/c16-14-5-1-12(2-6-14)9-10-19(18)11-13-3-7-15(17)8-4-13/h1-10H,11H2/b10-9-. The van der Waals surface area contributed by atoms with Crippen molar-refractivity contribution in [2.45, 2.75) is 5.75 Å². The van der Waals surface area contributed by atoms with Gasteiger partial charge in [-0.05, 0) is 47.1 Å². The van der Waals surface area contributed by atoms with Gasteiger partial charge in [-0.3, -0.25) is 0 Å². The molecule has 0 radical (unpaired) electrons. The average molecular weight is 339 g/mol. The van der Waals surface area contributed by atoms with Gasteiger partial charge in [-0.15, -0.1) is 0 Å². The molecule has 0 spiro atoms. The highest BCUT2D eigenvalue weighted by molar-refractivity contribution is 9.10. The third-order valence-electron chi connectivity index (χ3n) is 2.50. The average Bonchev–Trinajstić information content (AvgIpc) is 2.41. The van der Waals surface area contributed by atoms with E-state index < -0.39 is 11.2 Å². The molecule has 0 aromatic heterocycles. The van der Waals surface area contributed by atoms with Crippen molar-refractivity contribution in [2.75, 3.05) is 0 Å². The summed E-state index contributed by atoms with van der Waals surface area (Å²) in [5.74, 6) is 0.118. The van der Waals surface area contributed by atoms with Crippen LogP contribution in [0.4, 0.5) is 4.39 Å². The molecule has 0 saturated heterocycles. The molecule has 0 amide bonds. The molecule has 19 heavy (non-hydrogen) atoms. The summed E-state index contributed by atoms with van der Waals surface area (Å²) in [5.41, 5.74) is 1.86. The quantitative estimate of drug-likeness (QED) is 0.752. The summed E-state index contributed by atoms with van der Waals surface area (Å²) in [5, 5.41) is 1.66. The largest absolute Gasteiger partial charge is 0.612 e. The van der Waals surface area contributed by atoms with Crippen LogP contribution < -0.4 is 0 Å². The Hall–Kier alpha value is -1.10. The summed E-state index contributed by atoms with van der Waals surface area (Å²) in [7, 11) is 0. The lowest BCUT2D eigenvalue weighted by Gasteiger charge is -2.05. The van der Waals surface area contributed by atoms with Crippen LogP contribution in [0.1, 0.15) is 11.1 Å². The van der Waals surface area contributed by atoms with Crippen LogP contribution in [-0.2, 0) is 16.9 Å². The number of rotatable bonds is 4. The Morgan fingerprint density at radius 3 is 2.32 bits per heavy atom. The van der Waals surface area contributed by atoms with Crippen molar-refractivity contribution in [3.8, 4) is 0 Å². The predicted molar refractivity (Wildman–Crippen MR) is 81.4 cm³/mol. The van der Waals surface area contributed by atoms with Crippen molar-refractivity contribution < 1.29 is 8.94 Å². The van der Waals surface area contributed by atoms with E-state index in [1.807, 2.05) is 30.3 Å². The minimum absolute atomic E-state index is 0.278. The van der Waals surface area contributed by atoms with Crippen LogP contribution in [0.5, 0.6) is 0 Å².